The van der Waals surface area contributed by atoms with Crippen LogP contribution in [0, 0.1) is 11.3 Å². The third kappa shape index (κ3) is 2.62. The number of halogens is 3. The van der Waals surface area contributed by atoms with Crippen LogP contribution in [0.1, 0.15) is 17.5 Å². The van der Waals surface area contributed by atoms with Gasteiger partial charge in [-0.25, -0.2) is 14.5 Å². The van der Waals surface area contributed by atoms with E-state index in [0.717, 1.165) is 24.1 Å². The molecule has 3 heterocycles. The highest BCUT2D eigenvalue weighted by atomic mass is 19.4. The van der Waals surface area contributed by atoms with Gasteiger partial charge in [0.25, 0.3) is 5.91 Å². The number of carbonyl (C=O) groups excluding carboxylic acids is 4. The van der Waals surface area contributed by atoms with Crippen molar-refractivity contribution in [3.8, 4) is 6.07 Å². The highest BCUT2D eigenvalue weighted by molar-refractivity contribution is 6.33. The molecule has 3 aliphatic heterocycles. The number of alkyl halides is 3. The molecule has 2 unspecified atom stereocenters. The Morgan fingerprint density at radius 1 is 1.27 bits per heavy atom. The summed E-state index contributed by atoms with van der Waals surface area (Å²) in [6.07, 6.45) is -4.58. The zero-order valence-electron chi connectivity index (χ0n) is 15.3. The van der Waals surface area contributed by atoms with Crippen LogP contribution in [0.2, 0.25) is 0 Å². The van der Waals surface area contributed by atoms with Gasteiger partial charge in [0.05, 0.1) is 42.1 Å². The van der Waals surface area contributed by atoms with Crippen molar-refractivity contribution in [2.45, 2.75) is 30.7 Å². The van der Waals surface area contributed by atoms with Gasteiger partial charge < -0.3 is 14.5 Å². The van der Waals surface area contributed by atoms with Crippen molar-refractivity contribution in [2.24, 2.45) is 0 Å². The fourth-order valence-electron chi connectivity index (χ4n) is 4.34. The summed E-state index contributed by atoms with van der Waals surface area (Å²) in [7, 11) is 1.04. The largest absolute Gasteiger partial charge is 0.462 e. The Morgan fingerprint density at radius 3 is 2.57 bits per heavy atom. The molecular weight excluding hydrogens is 409 g/mol. The number of fused-ring (bicyclic) bond motifs is 5. The van der Waals surface area contributed by atoms with Crippen LogP contribution in [-0.2, 0) is 25.3 Å². The van der Waals surface area contributed by atoms with E-state index in [1.807, 2.05) is 0 Å². The molecule has 2 bridgehead atoms. The number of carbonyl (C=O) groups is 4. The molecule has 4 rings (SSSR count). The molecule has 1 aromatic carbocycles. The molecule has 12 heteroatoms. The molecule has 0 aliphatic carbocycles. The molecule has 3 fully saturated rings. The van der Waals surface area contributed by atoms with Crippen molar-refractivity contribution in [3.63, 3.8) is 0 Å². The van der Waals surface area contributed by atoms with Gasteiger partial charge in [0.1, 0.15) is 6.04 Å². The molecule has 0 spiro atoms. The van der Waals surface area contributed by atoms with Gasteiger partial charge in [0, 0.05) is 6.54 Å². The second-order valence-electron chi connectivity index (χ2n) is 7.05. The lowest BCUT2D eigenvalue weighted by atomic mass is 10.1. The maximum absolute atomic E-state index is 13.3. The Morgan fingerprint density at radius 2 is 1.97 bits per heavy atom. The number of esters is 1. The fourth-order valence-corrected chi connectivity index (χ4v) is 4.34. The number of amides is 4. The summed E-state index contributed by atoms with van der Waals surface area (Å²) >= 11 is 0. The van der Waals surface area contributed by atoms with Gasteiger partial charge in [-0.1, -0.05) is 0 Å². The molecule has 0 radical (unpaired) electrons. The van der Waals surface area contributed by atoms with Gasteiger partial charge in [-0.2, -0.15) is 18.4 Å². The van der Waals surface area contributed by atoms with E-state index in [4.69, 9.17) is 5.26 Å². The molecule has 0 saturated carbocycles. The van der Waals surface area contributed by atoms with E-state index in [0.29, 0.717) is 11.0 Å². The molecule has 9 nitrogen and oxygen atoms in total. The lowest BCUT2D eigenvalue weighted by Gasteiger charge is -2.34. The van der Waals surface area contributed by atoms with Gasteiger partial charge in [0.15, 0.2) is 0 Å². The van der Waals surface area contributed by atoms with Crippen LogP contribution in [0.25, 0.3) is 0 Å². The molecular formula is C18H13F3N4O5. The summed E-state index contributed by atoms with van der Waals surface area (Å²) < 4.78 is 44.2. The quantitative estimate of drug-likeness (QED) is 0.377. The Hall–Kier alpha value is -3.62. The number of rotatable bonds is 1. The monoisotopic (exact) mass is 422 g/mol. The molecule has 156 valence electrons. The van der Waals surface area contributed by atoms with Crippen molar-refractivity contribution >= 4 is 29.5 Å². The van der Waals surface area contributed by atoms with E-state index in [1.54, 1.807) is 0 Å². The highest BCUT2D eigenvalue weighted by Gasteiger charge is 2.63. The first-order valence-corrected chi connectivity index (χ1v) is 8.76. The van der Waals surface area contributed by atoms with Crippen molar-refractivity contribution in [1.29, 1.82) is 5.26 Å². The number of hydrogen-bond acceptors (Lipinski definition) is 6. The standard InChI is InChI=1S/C18H13F3N4O5/c1-30-16(28)15(27)23-7-10-5-12(23)13-14(26)25(17(29)24(10)13)9-3-2-8(6-22)11(4-9)18(19,20)21/h2-4,10,12-13H,5,7H2,1H3/t10?,12?,13-/m0/s1. The van der Waals surface area contributed by atoms with E-state index in [9.17, 15) is 32.3 Å². The van der Waals surface area contributed by atoms with Gasteiger partial charge in [-0.15, -0.1) is 0 Å². The highest BCUT2D eigenvalue weighted by Crippen LogP contribution is 2.43. The second kappa shape index (κ2) is 6.45. The van der Waals surface area contributed by atoms with Crippen LogP contribution in [0.4, 0.5) is 23.7 Å². The van der Waals surface area contributed by atoms with Gasteiger partial charge >= 0.3 is 24.1 Å². The molecule has 3 saturated heterocycles. The van der Waals surface area contributed by atoms with Crippen LogP contribution < -0.4 is 4.90 Å². The third-order valence-corrected chi connectivity index (χ3v) is 5.57. The number of methoxy groups -OCH3 is 1. The third-order valence-electron chi connectivity index (χ3n) is 5.57. The summed E-state index contributed by atoms with van der Waals surface area (Å²) in [5.41, 5.74) is -2.22. The Kier molecular flexibility index (Phi) is 4.23. The maximum Gasteiger partial charge on any atom is 0.417 e. The van der Waals surface area contributed by atoms with Crippen LogP contribution in [0.5, 0.6) is 0 Å². The lowest BCUT2D eigenvalue weighted by molar-refractivity contribution is -0.160. The zero-order valence-corrected chi connectivity index (χ0v) is 15.3. The van der Waals surface area contributed by atoms with E-state index >= 15 is 0 Å². The summed E-state index contributed by atoms with van der Waals surface area (Å²) in [5.74, 6) is -2.85. The van der Waals surface area contributed by atoms with Gasteiger partial charge in [0.2, 0.25) is 0 Å². The van der Waals surface area contributed by atoms with Crippen molar-refractivity contribution in [2.75, 3.05) is 18.6 Å². The van der Waals surface area contributed by atoms with Crippen LogP contribution in [0.3, 0.4) is 0 Å². The first kappa shape index (κ1) is 19.7. The molecule has 0 N–H and O–H groups in total. The number of piperazine rings is 1. The first-order chi connectivity index (χ1) is 14.1. The number of ether oxygens (including phenoxy) is 1. The van der Waals surface area contributed by atoms with Crippen LogP contribution >= 0.6 is 0 Å². The topological polar surface area (TPSA) is 111 Å². The summed E-state index contributed by atoms with van der Waals surface area (Å²) in [6.45, 7) is 0.0170. The zero-order chi connectivity index (χ0) is 22.0. The smallest absolute Gasteiger partial charge is 0.417 e. The summed E-state index contributed by atoms with van der Waals surface area (Å²) in [6, 6.07) is 0.767. The summed E-state index contributed by atoms with van der Waals surface area (Å²) in [5, 5.41) is 8.92. The number of likely N-dealkylation sites (tertiary alicyclic amines) is 1. The Bertz CT molecular complexity index is 1030. The van der Waals surface area contributed by atoms with E-state index in [1.165, 1.54) is 11.0 Å². The van der Waals surface area contributed by atoms with Crippen molar-refractivity contribution < 1.29 is 37.1 Å². The van der Waals surface area contributed by atoms with E-state index < -0.39 is 59.2 Å². The predicted octanol–water partition coefficient (Wildman–Crippen LogP) is 0.870. The fraction of sp³-hybridized carbons (Fsp3) is 0.389. The molecule has 1 aromatic rings. The maximum atomic E-state index is 13.3. The van der Waals surface area contributed by atoms with Gasteiger partial charge in [-0.3, -0.25) is 9.59 Å². The molecule has 3 atom stereocenters. The minimum Gasteiger partial charge on any atom is -0.462 e. The number of anilines is 1. The van der Waals surface area contributed by atoms with Crippen LogP contribution in [-0.4, -0.2) is 65.4 Å². The first-order valence-electron chi connectivity index (χ1n) is 8.76. The SMILES string of the molecule is COC(=O)C(=O)N1CC2CC1[C@H]1C(=O)N(c3ccc(C#N)c(C(F)(F)F)c3)C(=O)N21. The normalized spacial score (nSPS) is 24.9. The van der Waals surface area contributed by atoms with E-state index in [-0.39, 0.29) is 18.7 Å². The molecule has 4 amide bonds. The molecule has 30 heavy (non-hydrogen) atoms. The average molecular weight is 422 g/mol. The van der Waals surface area contributed by atoms with Crippen molar-refractivity contribution in [1.82, 2.24) is 9.80 Å². The lowest BCUT2D eigenvalue weighted by Crippen LogP contribution is -2.56. The number of hydrogen-bond donors (Lipinski definition) is 0. The van der Waals surface area contributed by atoms with Crippen molar-refractivity contribution in [3.05, 3.63) is 29.3 Å². The number of imide groups is 1. The number of nitrogens with zero attached hydrogens (tertiary/aromatic N) is 4. The molecule has 0 aromatic heterocycles. The second-order valence-corrected chi connectivity index (χ2v) is 7.05. The minimum absolute atomic E-state index is 0.0170. The average Bonchev–Trinajstić information content (AvgIpc) is 3.37. The predicted molar refractivity (Wildman–Crippen MR) is 90.6 cm³/mol. The number of benzene rings is 1. The number of nitriles is 1. The number of urea groups is 1. The van der Waals surface area contributed by atoms with E-state index in [2.05, 4.69) is 4.74 Å². The Labute approximate surface area is 167 Å². The summed E-state index contributed by atoms with van der Waals surface area (Å²) in [4.78, 5) is 52.6. The molecule has 3 aliphatic rings. The van der Waals surface area contributed by atoms with Gasteiger partial charge in [-0.05, 0) is 24.6 Å². The van der Waals surface area contributed by atoms with Crippen LogP contribution in [0.15, 0.2) is 18.2 Å². The Balaban J connectivity index is 1.68. The minimum atomic E-state index is -4.86.